The van der Waals surface area contributed by atoms with E-state index in [0.717, 1.165) is 31.4 Å². The Morgan fingerprint density at radius 2 is 2.06 bits per heavy atom. The quantitative estimate of drug-likeness (QED) is 0.904. The van der Waals surface area contributed by atoms with Gasteiger partial charge in [0.25, 0.3) is 0 Å². The maximum Gasteiger partial charge on any atom is 0.416 e. The number of halogens is 3. The van der Waals surface area contributed by atoms with Crippen LogP contribution in [-0.2, 0) is 6.18 Å². The molecule has 2 atom stereocenters. The summed E-state index contributed by atoms with van der Waals surface area (Å²) in [5, 5.41) is 0. The van der Waals surface area contributed by atoms with Gasteiger partial charge in [-0.1, -0.05) is 6.07 Å². The molecule has 0 heterocycles. The van der Waals surface area contributed by atoms with Crippen molar-refractivity contribution in [3.05, 3.63) is 29.8 Å². The molecule has 0 amide bonds. The molecule has 1 aliphatic rings. The second-order valence-electron chi connectivity index (χ2n) is 4.61. The van der Waals surface area contributed by atoms with Gasteiger partial charge in [-0.15, -0.1) is 0 Å². The lowest BCUT2D eigenvalue weighted by molar-refractivity contribution is -0.137. The van der Waals surface area contributed by atoms with E-state index in [1.165, 1.54) is 6.07 Å². The van der Waals surface area contributed by atoms with Crippen LogP contribution in [0.4, 0.5) is 13.2 Å². The van der Waals surface area contributed by atoms with Gasteiger partial charge in [0, 0.05) is 5.92 Å². The molecule has 2 N–H and O–H groups in total. The van der Waals surface area contributed by atoms with E-state index >= 15 is 0 Å². The maximum atomic E-state index is 12.5. The topological polar surface area (TPSA) is 35.2 Å². The van der Waals surface area contributed by atoms with Gasteiger partial charge in [-0.25, -0.2) is 0 Å². The lowest BCUT2D eigenvalue weighted by atomic mass is 10.1. The van der Waals surface area contributed by atoms with Crippen molar-refractivity contribution in [1.82, 2.24) is 0 Å². The highest BCUT2D eigenvalue weighted by Crippen LogP contribution is 2.33. The zero-order chi connectivity index (χ0) is 13.2. The molecule has 5 heteroatoms. The molecule has 0 radical (unpaired) electrons. The van der Waals surface area contributed by atoms with Crippen LogP contribution >= 0.6 is 0 Å². The van der Waals surface area contributed by atoms with E-state index in [2.05, 4.69) is 0 Å². The van der Waals surface area contributed by atoms with E-state index in [1.807, 2.05) is 0 Å². The van der Waals surface area contributed by atoms with Gasteiger partial charge in [-0.05, 0) is 44.0 Å². The van der Waals surface area contributed by atoms with Crippen molar-refractivity contribution in [2.45, 2.75) is 31.5 Å². The number of nitrogens with two attached hydrogens (primary N) is 1. The average molecular weight is 259 g/mol. The molecule has 2 rings (SSSR count). The Bertz CT molecular complexity index is 405. The second kappa shape index (κ2) is 5.18. The van der Waals surface area contributed by atoms with Gasteiger partial charge < -0.3 is 10.5 Å². The molecule has 1 fully saturated rings. The summed E-state index contributed by atoms with van der Waals surface area (Å²) < 4.78 is 43.3. The molecule has 0 unspecified atom stereocenters. The first-order chi connectivity index (χ1) is 8.50. The predicted molar refractivity (Wildman–Crippen MR) is 62.3 cm³/mol. The monoisotopic (exact) mass is 259 g/mol. The number of hydrogen-bond donors (Lipinski definition) is 1. The van der Waals surface area contributed by atoms with Crippen LogP contribution in [0.15, 0.2) is 24.3 Å². The standard InChI is InChI=1S/C13H16F3NO/c14-13(15,16)10-4-2-5-11(7-10)18-12-6-1-3-9(12)8-17/h2,4-5,7,9,12H,1,3,6,8,17H2/t9-,12+/m1/s1. The Balaban J connectivity index is 2.10. The van der Waals surface area contributed by atoms with Crippen LogP contribution in [0.1, 0.15) is 24.8 Å². The minimum absolute atomic E-state index is 0.0570. The molecule has 0 aliphatic heterocycles. The highest BCUT2D eigenvalue weighted by molar-refractivity contribution is 5.30. The van der Waals surface area contributed by atoms with Crippen molar-refractivity contribution in [2.75, 3.05) is 6.54 Å². The molecule has 1 aromatic rings. The fraction of sp³-hybridized carbons (Fsp3) is 0.538. The van der Waals surface area contributed by atoms with Crippen LogP contribution in [0, 0.1) is 5.92 Å². The molecule has 0 aromatic heterocycles. The maximum absolute atomic E-state index is 12.5. The van der Waals surface area contributed by atoms with Crippen molar-refractivity contribution in [3.8, 4) is 5.75 Å². The third-order valence-electron chi connectivity index (χ3n) is 3.34. The molecule has 2 nitrogen and oxygen atoms in total. The summed E-state index contributed by atoms with van der Waals surface area (Å²) >= 11 is 0. The first-order valence-corrected chi connectivity index (χ1v) is 6.04. The van der Waals surface area contributed by atoms with Gasteiger partial charge in [-0.3, -0.25) is 0 Å². The summed E-state index contributed by atoms with van der Waals surface area (Å²) in [5.74, 6) is 0.523. The molecule has 1 aromatic carbocycles. The Kier molecular flexibility index (Phi) is 3.80. The normalized spacial score (nSPS) is 24.2. The number of alkyl halides is 3. The summed E-state index contributed by atoms with van der Waals surface area (Å²) in [6.07, 6.45) is -1.52. The average Bonchev–Trinajstić information content (AvgIpc) is 2.75. The van der Waals surface area contributed by atoms with E-state index in [4.69, 9.17) is 10.5 Å². The Morgan fingerprint density at radius 3 is 2.72 bits per heavy atom. The number of hydrogen-bond acceptors (Lipinski definition) is 2. The molecule has 18 heavy (non-hydrogen) atoms. The first-order valence-electron chi connectivity index (χ1n) is 6.04. The molecule has 0 spiro atoms. The summed E-state index contributed by atoms with van der Waals surface area (Å²) in [6.45, 7) is 0.517. The molecule has 100 valence electrons. The highest BCUT2D eigenvalue weighted by atomic mass is 19.4. The van der Waals surface area contributed by atoms with Crippen molar-refractivity contribution < 1.29 is 17.9 Å². The SMILES string of the molecule is NC[C@H]1CCC[C@@H]1Oc1cccc(C(F)(F)F)c1. The minimum Gasteiger partial charge on any atom is -0.490 e. The minimum atomic E-state index is -4.33. The number of rotatable bonds is 3. The highest BCUT2D eigenvalue weighted by Gasteiger charge is 2.32. The van der Waals surface area contributed by atoms with Gasteiger partial charge in [0.2, 0.25) is 0 Å². The number of ether oxygens (including phenoxy) is 1. The van der Waals surface area contributed by atoms with Crippen LogP contribution in [0.25, 0.3) is 0 Å². The molecular formula is C13H16F3NO. The van der Waals surface area contributed by atoms with E-state index in [9.17, 15) is 13.2 Å². The second-order valence-corrected chi connectivity index (χ2v) is 4.61. The van der Waals surface area contributed by atoms with Crippen molar-refractivity contribution >= 4 is 0 Å². The molecule has 0 saturated heterocycles. The van der Waals surface area contributed by atoms with Crippen LogP contribution < -0.4 is 10.5 Å². The van der Waals surface area contributed by atoms with Crippen molar-refractivity contribution in [2.24, 2.45) is 11.7 Å². The smallest absolute Gasteiger partial charge is 0.416 e. The largest absolute Gasteiger partial charge is 0.490 e. The van der Waals surface area contributed by atoms with E-state index < -0.39 is 11.7 Å². The first kappa shape index (κ1) is 13.2. The summed E-state index contributed by atoms with van der Waals surface area (Å²) in [6, 6.07) is 5.01. The van der Waals surface area contributed by atoms with Crippen molar-refractivity contribution in [3.63, 3.8) is 0 Å². The zero-order valence-corrected chi connectivity index (χ0v) is 9.91. The number of benzene rings is 1. The van der Waals surface area contributed by atoms with E-state index in [1.54, 1.807) is 6.07 Å². The van der Waals surface area contributed by atoms with Crippen LogP contribution in [0.3, 0.4) is 0 Å². The van der Waals surface area contributed by atoms with Crippen LogP contribution in [0.2, 0.25) is 0 Å². The third kappa shape index (κ3) is 2.96. The van der Waals surface area contributed by atoms with Gasteiger partial charge in [0.1, 0.15) is 11.9 Å². The van der Waals surface area contributed by atoms with Crippen molar-refractivity contribution in [1.29, 1.82) is 0 Å². The molecule has 1 aliphatic carbocycles. The summed E-state index contributed by atoms with van der Waals surface area (Å²) in [7, 11) is 0. The van der Waals surface area contributed by atoms with Crippen LogP contribution in [0.5, 0.6) is 5.75 Å². The Labute approximate surface area is 104 Å². The molecule has 1 saturated carbocycles. The van der Waals surface area contributed by atoms with E-state index in [-0.39, 0.29) is 17.8 Å². The molecule has 0 bridgehead atoms. The van der Waals surface area contributed by atoms with Gasteiger partial charge in [0.15, 0.2) is 0 Å². The summed E-state index contributed by atoms with van der Waals surface area (Å²) in [5.41, 5.74) is 4.94. The lowest BCUT2D eigenvalue weighted by Crippen LogP contribution is -2.27. The third-order valence-corrected chi connectivity index (χ3v) is 3.34. The molecular weight excluding hydrogens is 243 g/mol. The lowest BCUT2D eigenvalue weighted by Gasteiger charge is -2.20. The fourth-order valence-corrected chi connectivity index (χ4v) is 2.35. The fourth-order valence-electron chi connectivity index (χ4n) is 2.35. The predicted octanol–water partition coefficient (Wildman–Crippen LogP) is 3.21. The summed E-state index contributed by atoms with van der Waals surface area (Å²) in [4.78, 5) is 0. The Morgan fingerprint density at radius 1 is 1.28 bits per heavy atom. The van der Waals surface area contributed by atoms with Crippen LogP contribution in [-0.4, -0.2) is 12.6 Å². The van der Waals surface area contributed by atoms with Gasteiger partial charge in [0.05, 0.1) is 5.56 Å². The Hall–Kier alpha value is -1.23. The van der Waals surface area contributed by atoms with Gasteiger partial charge in [-0.2, -0.15) is 13.2 Å². The zero-order valence-electron chi connectivity index (χ0n) is 9.91. The van der Waals surface area contributed by atoms with E-state index in [0.29, 0.717) is 6.54 Å². The van der Waals surface area contributed by atoms with Gasteiger partial charge >= 0.3 is 6.18 Å².